The van der Waals surface area contributed by atoms with Gasteiger partial charge in [0.25, 0.3) is 5.91 Å². The lowest BCUT2D eigenvalue weighted by atomic mass is 9.82. The summed E-state index contributed by atoms with van der Waals surface area (Å²) in [6.45, 7) is 6.10. The highest BCUT2D eigenvalue weighted by atomic mass is 79.9. The monoisotopic (exact) mass is 311 g/mol. The van der Waals surface area contributed by atoms with Crippen LogP contribution in [0.15, 0.2) is 16.7 Å². The van der Waals surface area contributed by atoms with Crippen molar-refractivity contribution in [2.24, 2.45) is 5.41 Å². The van der Waals surface area contributed by atoms with Gasteiger partial charge in [0, 0.05) is 23.8 Å². The molecular formula is C13H18BrN3O. The molecule has 0 radical (unpaired) electrons. The summed E-state index contributed by atoms with van der Waals surface area (Å²) >= 11 is 3.35. The maximum atomic E-state index is 12.4. The molecule has 0 unspecified atom stereocenters. The Labute approximate surface area is 116 Å². The third-order valence-electron chi connectivity index (χ3n) is 3.51. The van der Waals surface area contributed by atoms with Crippen LogP contribution in [0.1, 0.15) is 37.0 Å². The third kappa shape index (κ3) is 2.83. The van der Waals surface area contributed by atoms with Crippen molar-refractivity contribution in [1.82, 2.24) is 9.88 Å². The van der Waals surface area contributed by atoms with Crippen molar-refractivity contribution in [1.29, 1.82) is 0 Å². The Morgan fingerprint density at radius 3 is 2.67 bits per heavy atom. The zero-order valence-electron chi connectivity index (χ0n) is 10.7. The first-order valence-electron chi connectivity index (χ1n) is 6.09. The summed E-state index contributed by atoms with van der Waals surface area (Å²) in [5.41, 5.74) is 6.57. The van der Waals surface area contributed by atoms with E-state index >= 15 is 0 Å². The van der Waals surface area contributed by atoms with E-state index in [1.807, 2.05) is 4.90 Å². The van der Waals surface area contributed by atoms with E-state index in [1.54, 1.807) is 12.3 Å². The summed E-state index contributed by atoms with van der Waals surface area (Å²) < 4.78 is 0.700. The van der Waals surface area contributed by atoms with Gasteiger partial charge in [-0.2, -0.15) is 0 Å². The Kier molecular flexibility index (Phi) is 3.61. The first-order valence-corrected chi connectivity index (χ1v) is 6.89. The predicted octanol–water partition coefficient (Wildman–Crippen LogP) is 2.69. The number of carbonyl (C=O) groups is 1. The molecule has 0 spiro atoms. The fourth-order valence-corrected chi connectivity index (χ4v) is 2.49. The van der Waals surface area contributed by atoms with Gasteiger partial charge in [0.05, 0.1) is 5.56 Å². The van der Waals surface area contributed by atoms with E-state index in [0.29, 0.717) is 21.3 Å². The van der Waals surface area contributed by atoms with Gasteiger partial charge >= 0.3 is 0 Å². The van der Waals surface area contributed by atoms with Gasteiger partial charge < -0.3 is 10.6 Å². The van der Waals surface area contributed by atoms with Crippen molar-refractivity contribution in [2.75, 3.05) is 18.8 Å². The molecule has 2 rings (SSSR count). The first-order chi connectivity index (χ1) is 8.39. The number of pyridine rings is 1. The van der Waals surface area contributed by atoms with Gasteiger partial charge in [0.2, 0.25) is 0 Å². The maximum Gasteiger partial charge on any atom is 0.255 e. The number of nitrogens with zero attached hydrogens (tertiary/aromatic N) is 2. The highest BCUT2D eigenvalue weighted by Gasteiger charge is 2.29. The summed E-state index contributed by atoms with van der Waals surface area (Å²) in [4.78, 5) is 18.2. The molecule has 2 N–H and O–H groups in total. The Hall–Kier alpha value is -1.10. The summed E-state index contributed by atoms with van der Waals surface area (Å²) in [7, 11) is 0. The minimum Gasteiger partial charge on any atom is -0.384 e. The van der Waals surface area contributed by atoms with Gasteiger partial charge in [-0.25, -0.2) is 4.98 Å². The van der Waals surface area contributed by atoms with Gasteiger partial charge in [0.15, 0.2) is 0 Å². The lowest BCUT2D eigenvalue weighted by Crippen LogP contribution is -2.41. The predicted molar refractivity (Wildman–Crippen MR) is 75.3 cm³/mol. The van der Waals surface area contributed by atoms with Gasteiger partial charge in [-0.1, -0.05) is 13.8 Å². The number of hydrogen-bond donors (Lipinski definition) is 1. The van der Waals surface area contributed by atoms with Crippen LogP contribution in [0.3, 0.4) is 0 Å². The molecule has 0 saturated carbocycles. The topological polar surface area (TPSA) is 59.2 Å². The second-order valence-corrected chi connectivity index (χ2v) is 6.40. The lowest BCUT2D eigenvalue weighted by Gasteiger charge is -2.37. The highest BCUT2D eigenvalue weighted by Crippen LogP contribution is 2.31. The number of piperidine rings is 1. The number of carbonyl (C=O) groups excluding carboxylic acids is 1. The first kappa shape index (κ1) is 13.3. The Bertz CT molecular complexity index is 463. The van der Waals surface area contributed by atoms with Crippen molar-refractivity contribution in [3.63, 3.8) is 0 Å². The number of nitrogens with two attached hydrogens (primary N) is 1. The van der Waals surface area contributed by atoms with Gasteiger partial charge in [0.1, 0.15) is 5.82 Å². The number of rotatable bonds is 1. The van der Waals surface area contributed by atoms with Crippen LogP contribution in [0.5, 0.6) is 0 Å². The Morgan fingerprint density at radius 2 is 2.06 bits per heavy atom. The number of amides is 1. The molecule has 1 saturated heterocycles. The van der Waals surface area contributed by atoms with Crippen molar-refractivity contribution in [2.45, 2.75) is 26.7 Å². The number of hydrogen-bond acceptors (Lipinski definition) is 3. The van der Waals surface area contributed by atoms with E-state index in [4.69, 9.17) is 5.73 Å². The second-order valence-electron chi connectivity index (χ2n) is 5.55. The molecule has 1 fully saturated rings. The smallest absolute Gasteiger partial charge is 0.255 e. The summed E-state index contributed by atoms with van der Waals surface area (Å²) in [5, 5.41) is 0. The quantitative estimate of drug-likeness (QED) is 0.867. The standard InChI is InChI=1S/C13H18BrN3O/c1-13(2)3-5-17(6-4-13)12(18)9-7-11(15)16-8-10(9)14/h7-8H,3-6H2,1-2H3,(H2,15,16). The van der Waals surface area contributed by atoms with Crippen LogP contribution < -0.4 is 5.73 Å². The average Bonchev–Trinajstić information content (AvgIpc) is 2.31. The van der Waals surface area contributed by atoms with E-state index < -0.39 is 0 Å². The van der Waals surface area contributed by atoms with Crippen LogP contribution in [0.25, 0.3) is 0 Å². The Balaban J connectivity index is 2.15. The highest BCUT2D eigenvalue weighted by molar-refractivity contribution is 9.10. The molecule has 1 aromatic heterocycles. The zero-order valence-corrected chi connectivity index (χ0v) is 12.3. The number of halogens is 1. The SMILES string of the molecule is CC1(C)CCN(C(=O)c2cc(N)ncc2Br)CC1. The molecule has 1 aliphatic heterocycles. The zero-order chi connectivity index (χ0) is 13.3. The molecule has 0 bridgehead atoms. The fraction of sp³-hybridized carbons (Fsp3) is 0.538. The fourth-order valence-electron chi connectivity index (χ4n) is 2.10. The number of nitrogen functional groups attached to an aromatic ring is 1. The minimum absolute atomic E-state index is 0.0338. The van der Waals surface area contributed by atoms with Gasteiger partial charge in [-0.3, -0.25) is 4.79 Å². The van der Waals surface area contributed by atoms with Gasteiger partial charge in [-0.15, -0.1) is 0 Å². The van der Waals surface area contributed by atoms with Crippen molar-refractivity contribution in [3.8, 4) is 0 Å². The largest absolute Gasteiger partial charge is 0.384 e. The second kappa shape index (κ2) is 4.88. The van der Waals surface area contributed by atoms with Crippen molar-refractivity contribution < 1.29 is 4.79 Å². The van der Waals surface area contributed by atoms with Crippen LogP contribution in [0.4, 0.5) is 5.82 Å². The number of anilines is 1. The molecule has 98 valence electrons. The molecule has 1 aromatic rings. The van der Waals surface area contributed by atoms with Crippen LogP contribution >= 0.6 is 15.9 Å². The van der Waals surface area contributed by atoms with E-state index in [2.05, 4.69) is 34.8 Å². The normalized spacial score (nSPS) is 18.7. The van der Waals surface area contributed by atoms with E-state index in [1.165, 1.54) is 0 Å². The van der Waals surface area contributed by atoms with Crippen LogP contribution in [-0.4, -0.2) is 28.9 Å². The average molecular weight is 312 g/mol. The van der Waals surface area contributed by atoms with Crippen LogP contribution in [-0.2, 0) is 0 Å². The summed E-state index contributed by atoms with van der Waals surface area (Å²) in [6, 6.07) is 1.63. The van der Waals surface area contributed by atoms with E-state index in [-0.39, 0.29) is 5.91 Å². The van der Waals surface area contributed by atoms with Gasteiger partial charge in [-0.05, 0) is 40.3 Å². The molecule has 0 aliphatic carbocycles. The van der Waals surface area contributed by atoms with Crippen LogP contribution in [0.2, 0.25) is 0 Å². The van der Waals surface area contributed by atoms with E-state index in [0.717, 1.165) is 25.9 Å². The van der Waals surface area contributed by atoms with E-state index in [9.17, 15) is 4.79 Å². The molecule has 1 amide bonds. The molecular weight excluding hydrogens is 294 g/mol. The Morgan fingerprint density at radius 1 is 1.44 bits per heavy atom. The number of aromatic nitrogens is 1. The third-order valence-corrected chi connectivity index (χ3v) is 4.14. The minimum atomic E-state index is 0.0338. The maximum absolute atomic E-state index is 12.4. The summed E-state index contributed by atoms with van der Waals surface area (Å²) in [6.07, 6.45) is 3.66. The molecule has 2 heterocycles. The molecule has 0 aromatic carbocycles. The van der Waals surface area contributed by atoms with Crippen molar-refractivity contribution >= 4 is 27.7 Å². The number of likely N-dealkylation sites (tertiary alicyclic amines) is 1. The molecule has 4 nitrogen and oxygen atoms in total. The molecule has 0 atom stereocenters. The molecule has 1 aliphatic rings. The molecule has 18 heavy (non-hydrogen) atoms. The summed E-state index contributed by atoms with van der Waals surface area (Å²) in [5.74, 6) is 0.408. The van der Waals surface area contributed by atoms with Crippen molar-refractivity contribution in [3.05, 3.63) is 22.3 Å². The molecule has 5 heteroatoms. The van der Waals surface area contributed by atoms with Crippen LogP contribution in [0, 0.1) is 5.41 Å². The lowest BCUT2D eigenvalue weighted by molar-refractivity contribution is 0.0629.